The Morgan fingerprint density at radius 3 is 2.59 bits per heavy atom. The van der Waals surface area contributed by atoms with Gasteiger partial charge in [0.25, 0.3) is 0 Å². The fourth-order valence-corrected chi connectivity index (χ4v) is 6.83. The third-order valence-corrected chi connectivity index (χ3v) is 9.08. The number of benzene rings is 2. The molecule has 49 heavy (non-hydrogen) atoms. The zero-order valence-electron chi connectivity index (χ0n) is 27.8. The summed E-state index contributed by atoms with van der Waals surface area (Å²) in [6.45, 7) is 7.90. The molecule has 1 saturated heterocycles. The summed E-state index contributed by atoms with van der Waals surface area (Å²) in [5, 5.41) is 18.4. The average molecular weight is 672 g/mol. The van der Waals surface area contributed by atoms with Crippen molar-refractivity contribution in [3.8, 4) is 11.5 Å². The van der Waals surface area contributed by atoms with Crippen LogP contribution in [-0.2, 0) is 19.7 Å². The highest BCUT2D eigenvalue weighted by molar-refractivity contribution is 6.22. The number of fused-ring (bicyclic) bond motifs is 3. The van der Waals surface area contributed by atoms with Crippen LogP contribution in [0.1, 0.15) is 50.7 Å². The third-order valence-electron chi connectivity index (χ3n) is 9.08. The van der Waals surface area contributed by atoms with Gasteiger partial charge in [0, 0.05) is 31.0 Å². The number of hydrogen-bond acceptors (Lipinski definition) is 12. The molecule has 1 spiro atoms. The maximum absolute atomic E-state index is 13.8. The van der Waals surface area contributed by atoms with Crippen LogP contribution in [0.4, 0.5) is 32.7 Å². The van der Waals surface area contributed by atoms with Gasteiger partial charge in [0.15, 0.2) is 17.5 Å². The van der Waals surface area contributed by atoms with Crippen LogP contribution in [0.3, 0.4) is 0 Å². The van der Waals surface area contributed by atoms with Crippen molar-refractivity contribution in [1.29, 1.82) is 0 Å². The van der Waals surface area contributed by atoms with Crippen molar-refractivity contribution in [1.82, 2.24) is 19.7 Å². The molecule has 1 aliphatic carbocycles. The summed E-state index contributed by atoms with van der Waals surface area (Å²) in [5.74, 6) is 1.34. The van der Waals surface area contributed by atoms with Crippen molar-refractivity contribution >= 4 is 52.1 Å². The van der Waals surface area contributed by atoms with Gasteiger partial charge >= 0.3 is 12.2 Å². The molecule has 1 saturated carbocycles. The van der Waals surface area contributed by atoms with Crippen LogP contribution in [-0.4, -0.2) is 89.1 Å². The Kier molecular flexibility index (Phi) is 7.81. The van der Waals surface area contributed by atoms with E-state index in [0.717, 1.165) is 23.4 Å². The minimum absolute atomic E-state index is 0.318. The second kappa shape index (κ2) is 11.9. The van der Waals surface area contributed by atoms with E-state index in [9.17, 15) is 19.5 Å². The molecule has 0 unspecified atom stereocenters. The number of methoxy groups -OCH3 is 2. The monoisotopic (exact) mass is 671 g/mol. The smallest absolute Gasteiger partial charge is 0.435 e. The molecule has 7 rings (SSSR count). The summed E-state index contributed by atoms with van der Waals surface area (Å²) in [6, 6.07) is 10.4. The Balaban J connectivity index is 1.30. The maximum Gasteiger partial charge on any atom is 0.435 e. The van der Waals surface area contributed by atoms with Gasteiger partial charge in [0.05, 0.1) is 37.4 Å². The number of carbonyl (C=O) groups excluding carboxylic acids is 2. The highest BCUT2D eigenvalue weighted by Crippen LogP contribution is 2.67. The largest absolute Gasteiger partial charge is 0.497 e. The molecule has 2 aromatic carbocycles. The lowest BCUT2D eigenvalue weighted by atomic mass is 9.91. The molecule has 2 aliphatic heterocycles. The van der Waals surface area contributed by atoms with E-state index in [1.807, 2.05) is 12.1 Å². The second-order valence-corrected chi connectivity index (χ2v) is 13.2. The fraction of sp³-hybridized carbons (Fsp3) is 0.412. The Bertz CT molecular complexity index is 1980. The molecule has 4 heterocycles. The molecular weight excluding hydrogens is 634 g/mol. The Labute approximate surface area is 281 Å². The molecule has 2 aromatic heterocycles. The number of ether oxygens (including phenoxy) is 4. The van der Waals surface area contributed by atoms with Gasteiger partial charge in [-0.25, -0.2) is 24.5 Å². The summed E-state index contributed by atoms with van der Waals surface area (Å²) in [7, 11) is 3.06. The van der Waals surface area contributed by atoms with E-state index in [1.54, 1.807) is 52.1 Å². The van der Waals surface area contributed by atoms with Crippen molar-refractivity contribution in [2.24, 2.45) is 0 Å². The summed E-state index contributed by atoms with van der Waals surface area (Å²) >= 11 is 0. The van der Waals surface area contributed by atoms with E-state index >= 15 is 0 Å². The van der Waals surface area contributed by atoms with Gasteiger partial charge in [-0.15, -0.1) is 5.10 Å². The number of anilines is 4. The third kappa shape index (κ3) is 5.43. The number of nitrogens with one attached hydrogen (secondary N) is 1. The average Bonchev–Trinajstić information content (AvgIpc) is 3.74. The first kappa shape index (κ1) is 32.1. The Morgan fingerprint density at radius 1 is 1.04 bits per heavy atom. The molecule has 0 bridgehead atoms. The minimum Gasteiger partial charge on any atom is -0.497 e. The minimum atomic E-state index is -1.35. The van der Waals surface area contributed by atoms with Crippen LogP contribution in [0.5, 0.6) is 11.5 Å². The van der Waals surface area contributed by atoms with Crippen molar-refractivity contribution in [3.05, 3.63) is 53.9 Å². The molecule has 256 valence electrons. The summed E-state index contributed by atoms with van der Waals surface area (Å²) < 4.78 is 23.7. The fourth-order valence-electron chi connectivity index (χ4n) is 6.83. The molecule has 2 atom stereocenters. The second-order valence-electron chi connectivity index (χ2n) is 13.2. The SMILES string of the molecule is COc1ccc2c(c1)[C@]1(C[C@H]1c1ccc3c(Nc4ncnc(N5CCCOCC5)c4OC)nn(C(=O)OC(C)(C)C)c3c1)C(=O)N2C(=O)O. The molecule has 15 nitrogen and oxygen atoms in total. The highest BCUT2D eigenvalue weighted by atomic mass is 16.6. The van der Waals surface area contributed by atoms with Gasteiger partial charge < -0.3 is 34.3 Å². The molecule has 4 aromatic rings. The van der Waals surface area contributed by atoms with Crippen molar-refractivity contribution in [2.75, 3.05) is 55.6 Å². The highest BCUT2D eigenvalue weighted by Gasteiger charge is 2.68. The number of hydrogen-bond donors (Lipinski definition) is 2. The summed E-state index contributed by atoms with van der Waals surface area (Å²) in [6.07, 6.45) is 0.618. The first-order valence-corrected chi connectivity index (χ1v) is 16.0. The van der Waals surface area contributed by atoms with E-state index < -0.39 is 29.1 Å². The molecule has 2 amide bonds. The van der Waals surface area contributed by atoms with E-state index in [0.29, 0.717) is 77.3 Å². The predicted octanol–water partition coefficient (Wildman–Crippen LogP) is 5.05. The lowest BCUT2D eigenvalue weighted by molar-refractivity contribution is -0.119. The van der Waals surface area contributed by atoms with E-state index in [4.69, 9.17) is 18.9 Å². The number of amides is 2. The summed E-state index contributed by atoms with van der Waals surface area (Å²) in [4.78, 5) is 51.3. The normalized spacial score (nSPS) is 20.3. The molecule has 2 fully saturated rings. The van der Waals surface area contributed by atoms with E-state index in [1.165, 1.54) is 18.1 Å². The van der Waals surface area contributed by atoms with Crippen molar-refractivity contribution < 1.29 is 38.4 Å². The predicted molar refractivity (Wildman–Crippen MR) is 178 cm³/mol. The summed E-state index contributed by atoms with van der Waals surface area (Å²) in [5.41, 5.74) is 0.191. The number of carboxylic acid groups (broad SMARTS) is 1. The molecule has 2 N–H and O–H groups in total. The van der Waals surface area contributed by atoms with E-state index in [2.05, 4.69) is 25.3 Å². The Morgan fingerprint density at radius 2 is 1.86 bits per heavy atom. The van der Waals surface area contributed by atoms with Crippen LogP contribution in [0.15, 0.2) is 42.7 Å². The van der Waals surface area contributed by atoms with Crippen LogP contribution in [0.2, 0.25) is 0 Å². The maximum atomic E-state index is 13.8. The standard InChI is InChI=1S/C34H37N7O8/c1-33(2,3)49-32(45)41-25-15-19(23-17-34(23)22-16-20(46-4)8-10-24(22)40(30(34)42)31(43)44)7-9-21(25)27(38-41)37-28-26(47-5)29(36-18-35-28)39-11-6-13-48-14-12-39/h7-10,15-16,18,23H,6,11-14,17H2,1-5H3,(H,43,44)(H,35,36,37,38)/t23-,34-/m0/s1. The quantitative estimate of drug-likeness (QED) is 0.279. The number of imide groups is 1. The van der Waals surface area contributed by atoms with Crippen molar-refractivity contribution in [3.63, 3.8) is 0 Å². The van der Waals surface area contributed by atoms with Crippen LogP contribution in [0, 0.1) is 0 Å². The molecular formula is C34H37N7O8. The number of nitrogens with zero attached hydrogens (tertiary/aromatic N) is 6. The van der Waals surface area contributed by atoms with Crippen LogP contribution >= 0.6 is 0 Å². The Hall–Kier alpha value is -5.44. The van der Waals surface area contributed by atoms with Gasteiger partial charge in [-0.05, 0) is 75.1 Å². The van der Waals surface area contributed by atoms with Crippen LogP contribution in [0.25, 0.3) is 10.9 Å². The van der Waals surface area contributed by atoms with Gasteiger partial charge in [0.2, 0.25) is 11.7 Å². The molecule has 3 aliphatic rings. The van der Waals surface area contributed by atoms with Gasteiger partial charge in [-0.1, -0.05) is 6.07 Å². The lowest BCUT2D eigenvalue weighted by Crippen LogP contribution is -2.36. The number of aromatic nitrogens is 4. The molecule has 0 radical (unpaired) electrons. The van der Waals surface area contributed by atoms with Gasteiger partial charge in [0.1, 0.15) is 17.7 Å². The zero-order chi connectivity index (χ0) is 34.7. The lowest BCUT2D eigenvalue weighted by Gasteiger charge is -2.23. The number of rotatable bonds is 6. The van der Waals surface area contributed by atoms with E-state index in [-0.39, 0.29) is 5.92 Å². The zero-order valence-corrected chi connectivity index (χ0v) is 27.8. The van der Waals surface area contributed by atoms with Crippen LogP contribution < -0.4 is 24.6 Å². The molecule has 15 heteroatoms. The first-order valence-electron chi connectivity index (χ1n) is 16.0. The number of carbonyl (C=O) groups is 3. The van der Waals surface area contributed by atoms with Gasteiger partial charge in [-0.3, -0.25) is 4.79 Å². The first-order chi connectivity index (χ1) is 23.5. The van der Waals surface area contributed by atoms with Gasteiger partial charge in [-0.2, -0.15) is 4.68 Å². The van der Waals surface area contributed by atoms with Crippen molar-refractivity contribution in [2.45, 2.75) is 50.5 Å². The topological polar surface area (TPSA) is 170 Å².